The Bertz CT molecular complexity index is 1270. The number of hydrogen-bond acceptors (Lipinski definition) is 4. The summed E-state index contributed by atoms with van der Waals surface area (Å²) < 4.78 is 32.3. The maximum Gasteiger partial charge on any atom is 0.407 e. The van der Waals surface area contributed by atoms with E-state index < -0.39 is 41.2 Å². The molecule has 0 bridgehead atoms. The fourth-order valence-electron chi connectivity index (χ4n) is 4.20. The van der Waals surface area contributed by atoms with E-state index in [9.17, 15) is 23.2 Å². The number of anilines is 1. The van der Waals surface area contributed by atoms with E-state index in [4.69, 9.17) is 9.84 Å². The van der Waals surface area contributed by atoms with Crippen molar-refractivity contribution in [2.45, 2.75) is 25.3 Å². The number of fused-ring (bicyclic) bond motifs is 3. The fourth-order valence-corrected chi connectivity index (χ4v) is 4.20. The van der Waals surface area contributed by atoms with Crippen LogP contribution in [-0.2, 0) is 9.53 Å². The van der Waals surface area contributed by atoms with Crippen LogP contribution in [0.5, 0.6) is 0 Å². The minimum atomic E-state index is -1.52. The Balaban J connectivity index is 1.33. The first kappa shape index (κ1) is 23.9. The number of carboxylic acid groups (broad SMARTS) is 1. The van der Waals surface area contributed by atoms with Crippen LogP contribution in [0.2, 0.25) is 0 Å². The van der Waals surface area contributed by atoms with E-state index in [0.717, 1.165) is 22.3 Å². The first-order chi connectivity index (χ1) is 16.7. The zero-order valence-electron chi connectivity index (χ0n) is 18.7. The number of benzene rings is 3. The maximum absolute atomic E-state index is 13.5. The molecule has 1 atom stereocenters. The van der Waals surface area contributed by atoms with E-state index in [-0.39, 0.29) is 24.6 Å². The van der Waals surface area contributed by atoms with Crippen molar-refractivity contribution in [3.8, 4) is 11.1 Å². The molecule has 0 spiro atoms. The molecule has 35 heavy (non-hydrogen) atoms. The summed E-state index contributed by atoms with van der Waals surface area (Å²) in [6.07, 6.45) is -0.964. The smallest absolute Gasteiger partial charge is 0.407 e. The van der Waals surface area contributed by atoms with Crippen molar-refractivity contribution in [2.24, 2.45) is 0 Å². The number of rotatable bonds is 7. The van der Waals surface area contributed by atoms with Gasteiger partial charge in [-0.05, 0) is 35.2 Å². The fraction of sp³-hybridized carbons (Fsp3) is 0.192. The molecule has 1 aliphatic carbocycles. The molecule has 0 saturated carbocycles. The normalized spacial score (nSPS) is 12.9. The van der Waals surface area contributed by atoms with Crippen LogP contribution in [0.4, 0.5) is 19.3 Å². The molecule has 9 heteroatoms. The zero-order chi connectivity index (χ0) is 25.1. The van der Waals surface area contributed by atoms with Gasteiger partial charge in [0, 0.05) is 24.4 Å². The Morgan fingerprint density at radius 1 is 0.971 bits per heavy atom. The third kappa shape index (κ3) is 5.13. The number of carbonyl (C=O) groups is 3. The third-order valence-corrected chi connectivity index (χ3v) is 5.76. The van der Waals surface area contributed by atoms with Crippen LogP contribution in [0.15, 0.2) is 60.7 Å². The van der Waals surface area contributed by atoms with Gasteiger partial charge in [-0.25, -0.2) is 18.4 Å². The maximum atomic E-state index is 13.5. The van der Waals surface area contributed by atoms with Crippen molar-refractivity contribution >= 4 is 23.7 Å². The number of ether oxygens (including phenoxy) is 1. The van der Waals surface area contributed by atoms with Crippen LogP contribution in [0.1, 0.15) is 40.7 Å². The van der Waals surface area contributed by atoms with Gasteiger partial charge in [0.1, 0.15) is 6.61 Å². The Labute approximate surface area is 199 Å². The lowest BCUT2D eigenvalue weighted by molar-refractivity contribution is -0.116. The van der Waals surface area contributed by atoms with Crippen LogP contribution in [0.25, 0.3) is 11.1 Å². The summed E-state index contributed by atoms with van der Waals surface area (Å²) in [6, 6.07) is 16.2. The van der Waals surface area contributed by atoms with Crippen molar-refractivity contribution in [2.75, 3.05) is 11.9 Å². The van der Waals surface area contributed by atoms with Gasteiger partial charge in [-0.15, -0.1) is 0 Å². The molecule has 180 valence electrons. The minimum Gasteiger partial charge on any atom is -0.478 e. The van der Waals surface area contributed by atoms with Crippen LogP contribution < -0.4 is 10.6 Å². The van der Waals surface area contributed by atoms with Crippen LogP contribution >= 0.6 is 0 Å². The SMILES string of the molecule is C[C@H](CC(=O)Nc1cc(F)c(F)cc1C(=O)O)NC(=O)OCC1c2ccccc2-c2ccccc21. The number of carboxylic acids is 1. The average molecular weight is 480 g/mol. The van der Waals surface area contributed by atoms with Crippen molar-refractivity contribution in [3.63, 3.8) is 0 Å². The second-order valence-electron chi connectivity index (χ2n) is 8.24. The molecule has 0 aromatic heterocycles. The summed E-state index contributed by atoms with van der Waals surface area (Å²) in [4.78, 5) is 35.9. The molecular weight excluding hydrogens is 458 g/mol. The second-order valence-corrected chi connectivity index (χ2v) is 8.24. The lowest BCUT2D eigenvalue weighted by Gasteiger charge is -2.17. The highest BCUT2D eigenvalue weighted by Crippen LogP contribution is 2.44. The Morgan fingerprint density at radius 2 is 1.54 bits per heavy atom. The highest BCUT2D eigenvalue weighted by Gasteiger charge is 2.29. The van der Waals surface area contributed by atoms with Gasteiger partial charge in [0.15, 0.2) is 11.6 Å². The summed E-state index contributed by atoms with van der Waals surface area (Å²) in [7, 11) is 0. The summed E-state index contributed by atoms with van der Waals surface area (Å²) in [6.45, 7) is 1.67. The highest BCUT2D eigenvalue weighted by atomic mass is 19.2. The van der Waals surface area contributed by atoms with Crippen LogP contribution in [0, 0.1) is 11.6 Å². The molecule has 4 rings (SSSR count). The van der Waals surface area contributed by atoms with E-state index in [0.29, 0.717) is 12.1 Å². The number of nitrogens with one attached hydrogen (secondary N) is 2. The molecule has 0 fully saturated rings. The summed E-state index contributed by atoms with van der Waals surface area (Å²) in [5.74, 6) is -4.97. The molecule has 7 nitrogen and oxygen atoms in total. The van der Waals surface area contributed by atoms with Crippen molar-refractivity contribution in [1.82, 2.24) is 5.32 Å². The monoisotopic (exact) mass is 480 g/mol. The van der Waals surface area contributed by atoms with E-state index in [1.54, 1.807) is 6.92 Å². The van der Waals surface area contributed by atoms with Crippen molar-refractivity contribution in [3.05, 3.63) is 89.0 Å². The third-order valence-electron chi connectivity index (χ3n) is 5.76. The lowest BCUT2D eigenvalue weighted by Crippen LogP contribution is -2.36. The lowest BCUT2D eigenvalue weighted by atomic mass is 9.98. The quantitative estimate of drug-likeness (QED) is 0.445. The number of halogens is 2. The number of hydrogen-bond donors (Lipinski definition) is 3. The predicted molar refractivity (Wildman–Crippen MR) is 124 cm³/mol. The molecule has 3 N–H and O–H groups in total. The van der Waals surface area contributed by atoms with Crippen LogP contribution in [-0.4, -0.2) is 35.7 Å². The van der Waals surface area contributed by atoms with Gasteiger partial charge in [0.05, 0.1) is 11.3 Å². The zero-order valence-corrected chi connectivity index (χ0v) is 18.7. The Kier molecular flexibility index (Phi) is 6.77. The first-order valence-corrected chi connectivity index (χ1v) is 10.9. The second kappa shape index (κ2) is 9.92. The Morgan fingerprint density at radius 3 is 2.14 bits per heavy atom. The standard InChI is InChI=1S/C26H22F2N2O5/c1-14(10-24(31)30-23-12-22(28)21(27)11-19(23)25(32)33)29-26(34)35-13-20-17-8-4-2-6-15(17)16-7-3-5-9-18(16)20/h2-9,11-12,14,20H,10,13H2,1H3,(H,29,34)(H,30,31)(H,32,33)/t14-/m1/s1. The first-order valence-electron chi connectivity index (χ1n) is 10.9. The number of aromatic carboxylic acids is 1. The van der Waals surface area contributed by atoms with Gasteiger partial charge in [0.25, 0.3) is 0 Å². The molecule has 2 amide bonds. The van der Waals surface area contributed by atoms with E-state index in [1.165, 1.54) is 0 Å². The molecule has 3 aromatic rings. The number of amides is 2. The molecule has 1 aliphatic rings. The summed E-state index contributed by atoms with van der Waals surface area (Å²) >= 11 is 0. The summed E-state index contributed by atoms with van der Waals surface area (Å²) in [5, 5.41) is 14.0. The van der Waals surface area contributed by atoms with Crippen molar-refractivity contribution < 1.29 is 33.0 Å². The molecule has 0 unspecified atom stereocenters. The van der Waals surface area contributed by atoms with Gasteiger partial charge >= 0.3 is 12.1 Å². The van der Waals surface area contributed by atoms with Gasteiger partial charge in [-0.3, -0.25) is 4.79 Å². The van der Waals surface area contributed by atoms with Gasteiger partial charge in [0.2, 0.25) is 5.91 Å². The predicted octanol–water partition coefficient (Wildman–Crippen LogP) is 4.92. The molecule has 0 aliphatic heterocycles. The summed E-state index contributed by atoms with van der Waals surface area (Å²) in [5.41, 5.74) is 3.36. The van der Waals surface area contributed by atoms with Gasteiger partial charge < -0.3 is 20.5 Å². The molecular formula is C26H22F2N2O5. The number of carbonyl (C=O) groups excluding carboxylic acids is 2. The number of alkyl carbamates (subject to hydrolysis) is 1. The largest absolute Gasteiger partial charge is 0.478 e. The van der Waals surface area contributed by atoms with E-state index >= 15 is 0 Å². The van der Waals surface area contributed by atoms with Gasteiger partial charge in [-0.2, -0.15) is 0 Å². The Hall–Kier alpha value is -4.27. The molecule has 0 radical (unpaired) electrons. The average Bonchev–Trinajstić information content (AvgIpc) is 3.13. The van der Waals surface area contributed by atoms with Crippen LogP contribution in [0.3, 0.4) is 0 Å². The highest BCUT2D eigenvalue weighted by molar-refractivity contribution is 6.00. The van der Waals surface area contributed by atoms with Gasteiger partial charge in [-0.1, -0.05) is 48.5 Å². The molecule has 0 heterocycles. The topological polar surface area (TPSA) is 105 Å². The molecule has 3 aromatic carbocycles. The van der Waals surface area contributed by atoms with Crippen molar-refractivity contribution in [1.29, 1.82) is 0 Å². The van der Waals surface area contributed by atoms with E-state index in [2.05, 4.69) is 10.6 Å². The van der Waals surface area contributed by atoms with E-state index in [1.807, 2.05) is 48.5 Å². The molecule has 0 saturated heterocycles. The minimum absolute atomic E-state index is 0.107.